The van der Waals surface area contributed by atoms with Gasteiger partial charge < -0.3 is 9.32 Å². The summed E-state index contributed by atoms with van der Waals surface area (Å²) in [5.41, 5.74) is -0.704. The van der Waals surface area contributed by atoms with Gasteiger partial charge in [-0.15, -0.1) is 15.3 Å². The fraction of sp³-hybridized carbons (Fsp3) is 0.227. The molecule has 0 radical (unpaired) electrons. The van der Waals surface area contributed by atoms with Gasteiger partial charge in [0.2, 0.25) is 11.8 Å². The number of hydrogen-bond acceptors (Lipinski definition) is 6. The highest BCUT2D eigenvalue weighted by atomic mass is 35.5. The molecule has 8 nitrogen and oxygen atoms in total. The average Bonchev–Trinajstić information content (AvgIpc) is 3.47. The summed E-state index contributed by atoms with van der Waals surface area (Å²) >= 11 is 6.17. The Bertz CT molecular complexity index is 1320. The fourth-order valence-electron chi connectivity index (χ4n) is 3.24. The number of aromatic nitrogens is 5. The predicted octanol–water partition coefficient (Wildman–Crippen LogP) is 5.04. The molecule has 2 aromatic carbocycles. The third-order valence-corrected chi connectivity index (χ3v) is 5.26. The molecule has 0 aliphatic heterocycles. The van der Waals surface area contributed by atoms with Crippen molar-refractivity contribution in [3.05, 3.63) is 76.9 Å². The van der Waals surface area contributed by atoms with E-state index in [1.165, 1.54) is 23.1 Å². The van der Waals surface area contributed by atoms with Crippen LogP contribution < -0.4 is 0 Å². The monoisotopic (exact) mass is 490 g/mol. The SMILES string of the molecule is CC(C)N(Cc1nnc(-c2ccccc2Cl)o1)C(=O)c1cn(-c2ccccc2C(F)(F)F)nn1. The Kier molecular flexibility index (Phi) is 6.38. The van der Waals surface area contributed by atoms with E-state index in [0.29, 0.717) is 10.6 Å². The van der Waals surface area contributed by atoms with Crippen molar-refractivity contribution in [3.63, 3.8) is 0 Å². The molecule has 0 N–H and O–H groups in total. The van der Waals surface area contributed by atoms with E-state index < -0.39 is 17.6 Å². The molecule has 0 spiro atoms. The standard InChI is InChI=1S/C22H18ClF3N6O2/c1-13(2)31(12-19-28-29-20(34-19)14-7-3-5-9-16(14)23)21(33)17-11-32(30-27-17)18-10-6-4-8-15(18)22(24,25)26/h3-11,13H,12H2,1-2H3. The lowest BCUT2D eigenvalue weighted by molar-refractivity contribution is -0.137. The van der Waals surface area contributed by atoms with Crippen molar-refractivity contribution < 1.29 is 22.4 Å². The second-order valence-corrected chi connectivity index (χ2v) is 7.98. The first-order valence-corrected chi connectivity index (χ1v) is 10.5. The molecule has 0 atom stereocenters. The van der Waals surface area contributed by atoms with Crippen LogP contribution in [0.1, 0.15) is 35.8 Å². The van der Waals surface area contributed by atoms with E-state index in [1.807, 2.05) is 0 Å². The van der Waals surface area contributed by atoms with Crippen LogP contribution in [0.2, 0.25) is 5.02 Å². The van der Waals surface area contributed by atoms with Crippen molar-refractivity contribution in [2.75, 3.05) is 0 Å². The molecule has 0 saturated heterocycles. The Balaban J connectivity index is 1.58. The minimum Gasteiger partial charge on any atom is -0.419 e. The van der Waals surface area contributed by atoms with E-state index in [2.05, 4.69) is 20.5 Å². The van der Waals surface area contributed by atoms with Gasteiger partial charge in [-0.2, -0.15) is 13.2 Å². The number of carbonyl (C=O) groups excluding carboxylic acids is 1. The van der Waals surface area contributed by atoms with Crippen molar-refractivity contribution in [3.8, 4) is 17.1 Å². The van der Waals surface area contributed by atoms with Crippen LogP contribution in [-0.4, -0.2) is 42.0 Å². The molecular formula is C22H18ClF3N6O2. The van der Waals surface area contributed by atoms with Crippen LogP contribution in [0.5, 0.6) is 0 Å². The summed E-state index contributed by atoms with van der Waals surface area (Å²) in [7, 11) is 0. The van der Waals surface area contributed by atoms with E-state index in [1.54, 1.807) is 38.1 Å². The number of hydrogen-bond donors (Lipinski definition) is 0. The Morgan fingerprint density at radius 3 is 2.50 bits per heavy atom. The molecule has 12 heteroatoms. The molecule has 0 bridgehead atoms. The molecule has 2 aromatic heterocycles. The van der Waals surface area contributed by atoms with Gasteiger partial charge in [-0.3, -0.25) is 4.79 Å². The largest absolute Gasteiger partial charge is 0.419 e. The summed E-state index contributed by atoms with van der Waals surface area (Å²) < 4.78 is 46.7. The van der Waals surface area contributed by atoms with Crippen LogP contribution >= 0.6 is 11.6 Å². The van der Waals surface area contributed by atoms with E-state index in [0.717, 1.165) is 16.9 Å². The molecule has 0 unspecified atom stereocenters. The smallest absolute Gasteiger partial charge is 0.418 e. The third-order valence-electron chi connectivity index (χ3n) is 4.93. The molecule has 4 aromatic rings. The maximum Gasteiger partial charge on any atom is 0.418 e. The van der Waals surface area contributed by atoms with Crippen molar-refractivity contribution >= 4 is 17.5 Å². The van der Waals surface area contributed by atoms with Crippen LogP contribution in [0.25, 0.3) is 17.1 Å². The van der Waals surface area contributed by atoms with Crippen molar-refractivity contribution in [1.29, 1.82) is 0 Å². The van der Waals surface area contributed by atoms with Gasteiger partial charge in [0.05, 0.1) is 34.6 Å². The lowest BCUT2D eigenvalue weighted by Gasteiger charge is -2.24. The molecule has 34 heavy (non-hydrogen) atoms. The number of alkyl halides is 3. The topological polar surface area (TPSA) is 89.9 Å². The molecule has 0 saturated carbocycles. The summed E-state index contributed by atoms with van der Waals surface area (Å²) in [6.07, 6.45) is -3.43. The average molecular weight is 491 g/mol. The highest BCUT2D eigenvalue weighted by molar-refractivity contribution is 6.33. The zero-order valence-corrected chi connectivity index (χ0v) is 18.7. The molecule has 0 aliphatic carbocycles. The first-order chi connectivity index (χ1) is 16.1. The van der Waals surface area contributed by atoms with Gasteiger partial charge >= 0.3 is 6.18 Å². The van der Waals surface area contributed by atoms with Crippen LogP contribution in [0.4, 0.5) is 13.2 Å². The normalized spacial score (nSPS) is 11.7. The number of rotatable bonds is 6. The summed E-state index contributed by atoms with van der Waals surface area (Å²) in [5.74, 6) is -0.193. The van der Waals surface area contributed by atoms with Gasteiger partial charge in [0.1, 0.15) is 0 Å². The highest BCUT2D eigenvalue weighted by Gasteiger charge is 2.34. The zero-order valence-electron chi connectivity index (χ0n) is 18.0. The summed E-state index contributed by atoms with van der Waals surface area (Å²) in [6.45, 7) is 3.50. The maximum absolute atomic E-state index is 13.4. The number of amides is 1. The summed E-state index contributed by atoms with van der Waals surface area (Å²) in [6, 6.07) is 11.5. The van der Waals surface area contributed by atoms with E-state index >= 15 is 0 Å². The minimum absolute atomic E-state index is 0.0417. The van der Waals surface area contributed by atoms with E-state index in [-0.39, 0.29) is 35.7 Å². The van der Waals surface area contributed by atoms with Crippen LogP contribution in [-0.2, 0) is 12.7 Å². The van der Waals surface area contributed by atoms with Crippen LogP contribution in [0, 0.1) is 0 Å². The Morgan fingerprint density at radius 1 is 1.09 bits per heavy atom. The first kappa shape index (κ1) is 23.4. The molecule has 1 amide bonds. The minimum atomic E-state index is -4.59. The number of para-hydroxylation sites is 1. The molecule has 4 rings (SSSR count). The third kappa shape index (κ3) is 4.79. The Morgan fingerprint density at radius 2 is 1.79 bits per heavy atom. The molecular weight excluding hydrogens is 473 g/mol. The highest BCUT2D eigenvalue weighted by Crippen LogP contribution is 2.33. The summed E-state index contributed by atoms with van der Waals surface area (Å²) in [5, 5.41) is 15.9. The van der Waals surface area contributed by atoms with Crippen molar-refractivity contribution in [2.24, 2.45) is 0 Å². The number of nitrogens with zero attached hydrogens (tertiary/aromatic N) is 6. The Labute approximate surface area is 197 Å². The van der Waals surface area contributed by atoms with Gasteiger partial charge in [0, 0.05) is 6.04 Å². The lowest BCUT2D eigenvalue weighted by atomic mass is 10.1. The van der Waals surface area contributed by atoms with Crippen LogP contribution in [0.15, 0.2) is 59.1 Å². The second-order valence-electron chi connectivity index (χ2n) is 7.57. The quantitative estimate of drug-likeness (QED) is 0.376. The zero-order chi connectivity index (χ0) is 24.5. The number of carbonyl (C=O) groups is 1. The first-order valence-electron chi connectivity index (χ1n) is 10.1. The fourth-order valence-corrected chi connectivity index (χ4v) is 3.45. The molecule has 0 aliphatic rings. The predicted molar refractivity (Wildman–Crippen MR) is 116 cm³/mol. The molecule has 0 fully saturated rings. The number of benzene rings is 2. The van der Waals surface area contributed by atoms with Crippen molar-refractivity contribution in [2.45, 2.75) is 32.6 Å². The Hall–Kier alpha value is -3.73. The van der Waals surface area contributed by atoms with Crippen LogP contribution in [0.3, 0.4) is 0 Å². The second kappa shape index (κ2) is 9.26. The van der Waals surface area contributed by atoms with Gasteiger partial charge in [0.15, 0.2) is 5.69 Å². The van der Waals surface area contributed by atoms with Gasteiger partial charge in [0.25, 0.3) is 5.91 Å². The number of halogens is 4. The van der Waals surface area contributed by atoms with Gasteiger partial charge in [-0.1, -0.05) is 41.1 Å². The summed E-state index contributed by atoms with van der Waals surface area (Å²) in [4.78, 5) is 14.5. The molecule has 2 heterocycles. The van der Waals surface area contributed by atoms with Crippen molar-refractivity contribution in [1.82, 2.24) is 30.1 Å². The van der Waals surface area contributed by atoms with E-state index in [9.17, 15) is 18.0 Å². The maximum atomic E-state index is 13.4. The van der Waals surface area contributed by atoms with Gasteiger partial charge in [-0.25, -0.2) is 4.68 Å². The molecule has 176 valence electrons. The van der Waals surface area contributed by atoms with E-state index in [4.69, 9.17) is 16.0 Å². The lowest BCUT2D eigenvalue weighted by Crippen LogP contribution is -2.36. The van der Waals surface area contributed by atoms with Gasteiger partial charge in [-0.05, 0) is 38.1 Å².